The zero-order valence-electron chi connectivity index (χ0n) is 18.3. The molecule has 1 aliphatic heterocycles. The highest BCUT2D eigenvalue weighted by Gasteiger charge is 2.83. The van der Waals surface area contributed by atoms with Crippen molar-refractivity contribution in [3.63, 3.8) is 0 Å². The van der Waals surface area contributed by atoms with E-state index in [1.54, 1.807) is 6.08 Å². The van der Waals surface area contributed by atoms with Crippen LogP contribution in [0.5, 0.6) is 0 Å². The SMILES string of the molecule is CCN(CC)C1=CC(=O)C2(C(Cl)CC34C(OC)=C(OC)C(=O)CC23CCN4C)C1O. The van der Waals surface area contributed by atoms with Crippen molar-refractivity contribution in [1.82, 2.24) is 9.80 Å². The van der Waals surface area contributed by atoms with E-state index in [4.69, 9.17) is 21.1 Å². The Morgan fingerprint density at radius 1 is 1.27 bits per heavy atom. The first-order valence-corrected chi connectivity index (χ1v) is 11.1. The summed E-state index contributed by atoms with van der Waals surface area (Å²) in [7, 11) is 4.96. The van der Waals surface area contributed by atoms with Gasteiger partial charge in [0, 0.05) is 36.7 Å². The molecule has 7 nitrogen and oxygen atoms in total. The first kappa shape index (κ1) is 21.7. The highest BCUT2D eigenvalue weighted by atomic mass is 35.5. The maximum Gasteiger partial charge on any atom is 0.201 e. The monoisotopic (exact) mass is 438 g/mol. The number of ketones is 2. The zero-order valence-corrected chi connectivity index (χ0v) is 19.1. The lowest BCUT2D eigenvalue weighted by Crippen LogP contribution is -2.63. The van der Waals surface area contributed by atoms with Crippen LogP contribution < -0.4 is 0 Å². The molecule has 0 aromatic heterocycles. The third kappa shape index (κ3) is 2.09. The molecule has 4 aliphatic rings. The summed E-state index contributed by atoms with van der Waals surface area (Å²) in [5, 5.41) is 11.1. The van der Waals surface area contributed by atoms with Crippen LogP contribution in [0.15, 0.2) is 23.3 Å². The summed E-state index contributed by atoms with van der Waals surface area (Å²) < 4.78 is 11.3. The van der Waals surface area contributed by atoms with Gasteiger partial charge in [0.15, 0.2) is 11.5 Å². The van der Waals surface area contributed by atoms with Crippen LogP contribution in [0.2, 0.25) is 0 Å². The molecule has 1 saturated heterocycles. The van der Waals surface area contributed by atoms with E-state index in [1.807, 2.05) is 25.8 Å². The highest BCUT2D eigenvalue weighted by molar-refractivity contribution is 6.25. The van der Waals surface area contributed by atoms with Crippen LogP contribution in [0, 0.1) is 10.8 Å². The van der Waals surface area contributed by atoms with E-state index in [2.05, 4.69) is 4.90 Å². The first-order valence-electron chi connectivity index (χ1n) is 10.6. The fourth-order valence-corrected chi connectivity index (χ4v) is 7.78. The summed E-state index contributed by atoms with van der Waals surface area (Å²) in [4.78, 5) is 31.1. The van der Waals surface area contributed by atoms with E-state index in [-0.39, 0.29) is 23.7 Å². The molecule has 0 amide bonds. The smallest absolute Gasteiger partial charge is 0.201 e. The summed E-state index contributed by atoms with van der Waals surface area (Å²) in [6.07, 6.45) is 1.55. The minimum Gasteiger partial charge on any atom is -0.495 e. The molecule has 1 N–H and O–H groups in total. The third-order valence-corrected chi connectivity index (χ3v) is 8.81. The van der Waals surface area contributed by atoms with Crippen LogP contribution in [0.3, 0.4) is 0 Å². The Labute approximate surface area is 182 Å². The van der Waals surface area contributed by atoms with Gasteiger partial charge in [-0.25, -0.2) is 0 Å². The van der Waals surface area contributed by atoms with Crippen molar-refractivity contribution >= 4 is 23.2 Å². The molecule has 166 valence electrons. The van der Waals surface area contributed by atoms with Gasteiger partial charge in [0.25, 0.3) is 0 Å². The van der Waals surface area contributed by atoms with Crippen LogP contribution >= 0.6 is 11.6 Å². The van der Waals surface area contributed by atoms with Crippen molar-refractivity contribution in [3.05, 3.63) is 23.3 Å². The van der Waals surface area contributed by atoms with Crippen molar-refractivity contribution < 1.29 is 24.2 Å². The van der Waals surface area contributed by atoms with Crippen molar-refractivity contribution in [3.8, 4) is 0 Å². The Bertz CT molecular complexity index is 852. The summed E-state index contributed by atoms with van der Waals surface area (Å²) in [6, 6.07) is 0. The Kier molecular flexibility index (Phi) is 5.03. The number of methoxy groups -OCH3 is 2. The van der Waals surface area contributed by atoms with Gasteiger partial charge in [-0.05, 0) is 40.3 Å². The molecule has 1 heterocycles. The predicted molar refractivity (Wildman–Crippen MR) is 112 cm³/mol. The Morgan fingerprint density at radius 3 is 2.50 bits per heavy atom. The van der Waals surface area contributed by atoms with Crippen LogP contribution in [-0.4, -0.2) is 84.4 Å². The molecular weight excluding hydrogens is 408 g/mol. The summed E-state index contributed by atoms with van der Waals surface area (Å²) in [5.74, 6) is 0.236. The number of ether oxygens (including phenoxy) is 2. The van der Waals surface area contributed by atoms with Crippen LogP contribution in [-0.2, 0) is 19.1 Å². The largest absolute Gasteiger partial charge is 0.495 e. The van der Waals surface area contributed by atoms with Gasteiger partial charge in [-0.3, -0.25) is 14.5 Å². The van der Waals surface area contributed by atoms with Crippen LogP contribution in [0.1, 0.15) is 33.1 Å². The van der Waals surface area contributed by atoms with Crippen LogP contribution in [0.4, 0.5) is 0 Å². The number of Topliss-reactive ketones (excluding diaryl/α,β-unsaturated/α-hetero) is 1. The van der Waals surface area contributed by atoms with Gasteiger partial charge in [-0.1, -0.05) is 0 Å². The number of aliphatic hydroxyl groups excluding tert-OH is 1. The van der Waals surface area contributed by atoms with Gasteiger partial charge in [0.1, 0.15) is 6.10 Å². The van der Waals surface area contributed by atoms with Crippen molar-refractivity contribution in [2.24, 2.45) is 10.8 Å². The number of carbonyl (C=O) groups excluding carboxylic acids is 2. The number of hydrogen-bond acceptors (Lipinski definition) is 7. The first-order chi connectivity index (χ1) is 14.2. The standard InChI is InChI=1S/C22H31ClN2O5/c1-6-25(7-2)13-10-16(27)22(18(13)28)15(23)12-21-19(30-5)17(29-4)14(26)11-20(21,22)8-9-24(21)3/h10,15,18,28H,6-9,11-12H2,1-5H3. The zero-order chi connectivity index (χ0) is 22.1. The number of allylic oxidation sites excluding steroid dienone is 2. The van der Waals surface area contributed by atoms with E-state index in [1.165, 1.54) is 14.2 Å². The molecule has 2 fully saturated rings. The average molecular weight is 439 g/mol. The summed E-state index contributed by atoms with van der Waals surface area (Å²) in [6.45, 7) is 5.99. The molecule has 1 saturated carbocycles. The lowest BCUT2D eigenvalue weighted by atomic mass is 9.52. The molecule has 30 heavy (non-hydrogen) atoms. The molecule has 3 aliphatic carbocycles. The van der Waals surface area contributed by atoms with Gasteiger partial charge < -0.3 is 19.5 Å². The number of halogens is 1. The summed E-state index contributed by atoms with van der Waals surface area (Å²) in [5.41, 5.74) is -2.33. The maximum absolute atomic E-state index is 13.7. The number of alkyl halides is 1. The number of nitrogens with zero attached hydrogens (tertiary/aromatic N) is 2. The fraction of sp³-hybridized carbons (Fsp3) is 0.727. The van der Waals surface area contributed by atoms with Gasteiger partial charge in [0.05, 0.1) is 30.6 Å². The lowest BCUT2D eigenvalue weighted by molar-refractivity contribution is -0.147. The van der Waals surface area contributed by atoms with E-state index in [0.29, 0.717) is 43.9 Å². The minimum atomic E-state index is -1.28. The number of hydrogen-bond donors (Lipinski definition) is 1. The average Bonchev–Trinajstić information content (AvgIpc) is 3.24. The predicted octanol–water partition coefficient (Wildman–Crippen LogP) is 1.69. The quantitative estimate of drug-likeness (QED) is 0.654. The highest BCUT2D eigenvalue weighted by Crippen LogP contribution is 2.75. The van der Waals surface area contributed by atoms with E-state index in [0.717, 1.165) is 0 Å². The molecule has 0 aromatic carbocycles. The molecule has 5 unspecified atom stereocenters. The molecule has 8 heteroatoms. The topological polar surface area (TPSA) is 79.3 Å². The molecule has 5 atom stereocenters. The third-order valence-electron chi connectivity index (χ3n) is 8.31. The van der Waals surface area contributed by atoms with Gasteiger partial charge >= 0.3 is 0 Å². The van der Waals surface area contributed by atoms with E-state index >= 15 is 0 Å². The Balaban J connectivity index is 1.98. The van der Waals surface area contributed by atoms with Crippen molar-refractivity contribution in [2.45, 2.75) is 50.1 Å². The molecular formula is C22H31ClN2O5. The Hall–Kier alpha value is -1.57. The number of aliphatic hydroxyl groups is 1. The number of likely N-dealkylation sites (tertiary alicyclic amines) is 1. The van der Waals surface area contributed by atoms with Gasteiger partial charge in [-0.15, -0.1) is 11.6 Å². The molecule has 1 spiro atoms. The van der Waals surface area contributed by atoms with Crippen LogP contribution in [0.25, 0.3) is 0 Å². The normalized spacial score (nSPS) is 40.7. The van der Waals surface area contributed by atoms with Crippen molar-refractivity contribution in [2.75, 3.05) is 40.9 Å². The summed E-state index contributed by atoms with van der Waals surface area (Å²) >= 11 is 7.02. The molecule has 0 bridgehead atoms. The molecule has 0 radical (unpaired) electrons. The van der Waals surface area contributed by atoms with E-state index < -0.39 is 27.8 Å². The molecule has 0 aromatic rings. The number of rotatable bonds is 5. The van der Waals surface area contributed by atoms with Crippen molar-refractivity contribution in [1.29, 1.82) is 0 Å². The second-order valence-corrected chi connectivity index (χ2v) is 9.36. The second-order valence-electron chi connectivity index (χ2n) is 8.83. The van der Waals surface area contributed by atoms with Gasteiger partial charge in [0.2, 0.25) is 11.5 Å². The Morgan fingerprint density at radius 2 is 1.93 bits per heavy atom. The fourth-order valence-electron chi connectivity index (χ4n) is 7.12. The second kappa shape index (κ2) is 6.97. The molecule has 4 rings (SSSR count). The maximum atomic E-state index is 13.7. The lowest BCUT2D eigenvalue weighted by Gasteiger charge is -2.53. The number of carbonyl (C=O) groups is 2. The van der Waals surface area contributed by atoms with E-state index in [9.17, 15) is 14.7 Å². The van der Waals surface area contributed by atoms with Gasteiger partial charge in [-0.2, -0.15) is 0 Å². The minimum absolute atomic E-state index is 0.0960. The number of likely N-dealkylation sites (N-methyl/N-ethyl adjacent to an activating group) is 2.